The Balaban J connectivity index is 1.70. The molecule has 0 atom stereocenters. The maximum atomic E-state index is 12.9. The molecule has 6 heteroatoms. The van der Waals surface area contributed by atoms with Crippen molar-refractivity contribution in [3.8, 4) is 0 Å². The second kappa shape index (κ2) is 7.09. The van der Waals surface area contributed by atoms with Gasteiger partial charge in [0.2, 0.25) is 10.0 Å². The Morgan fingerprint density at radius 1 is 1.04 bits per heavy atom. The summed E-state index contributed by atoms with van der Waals surface area (Å²) in [6.45, 7) is 4.59. The van der Waals surface area contributed by atoms with Crippen molar-refractivity contribution in [3.05, 3.63) is 28.8 Å². The van der Waals surface area contributed by atoms with Crippen LogP contribution in [0.2, 0.25) is 5.02 Å². The summed E-state index contributed by atoms with van der Waals surface area (Å²) >= 11 is 6.09. The van der Waals surface area contributed by atoms with E-state index < -0.39 is 10.0 Å². The van der Waals surface area contributed by atoms with Crippen molar-refractivity contribution >= 4 is 21.6 Å². The zero-order valence-corrected chi connectivity index (χ0v) is 15.2. The van der Waals surface area contributed by atoms with Crippen LogP contribution in [0.4, 0.5) is 0 Å². The molecule has 128 valence electrons. The lowest BCUT2D eigenvalue weighted by atomic mass is 9.94. The predicted molar refractivity (Wildman–Crippen MR) is 93.4 cm³/mol. The molecule has 0 spiro atoms. The highest BCUT2D eigenvalue weighted by molar-refractivity contribution is 7.89. The highest BCUT2D eigenvalue weighted by atomic mass is 35.5. The molecule has 0 radical (unpaired) electrons. The van der Waals surface area contributed by atoms with Gasteiger partial charge in [-0.1, -0.05) is 36.9 Å². The SMILES string of the molecule is Cc1c(Cl)cccc1S(=O)(=O)N1CCN(C2CCCCC2)CC1. The average Bonchev–Trinajstić information content (AvgIpc) is 2.58. The zero-order chi connectivity index (χ0) is 16.4. The summed E-state index contributed by atoms with van der Waals surface area (Å²) in [4.78, 5) is 2.83. The van der Waals surface area contributed by atoms with Crippen LogP contribution < -0.4 is 0 Å². The third kappa shape index (κ3) is 3.58. The molecule has 1 aliphatic carbocycles. The van der Waals surface area contributed by atoms with E-state index in [1.54, 1.807) is 29.4 Å². The van der Waals surface area contributed by atoms with Gasteiger partial charge in [0.15, 0.2) is 0 Å². The van der Waals surface area contributed by atoms with Gasteiger partial charge in [-0.2, -0.15) is 4.31 Å². The molecule has 2 aliphatic rings. The molecule has 1 aromatic rings. The van der Waals surface area contributed by atoms with Gasteiger partial charge in [0.25, 0.3) is 0 Å². The van der Waals surface area contributed by atoms with Crippen LogP contribution in [0.25, 0.3) is 0 Å². The van der Waals surface area contributed by atoms with Gasteiger partial charge in [0.1, 0.15) is 0 Å². The first-order valence-corrected chi connectivity index (χ1v) is 10.3. The highest BCUT2D eigenvalue weighted by Crippen LogP contribution is 2.28. The summed E-state index contributed by atoms with van der Waals surface area (Å²) in [5.74, 6) is 0. The lowest BCUT2D eigenvalue weighted by Gasteiger charge is -2.40. The van der Waals surface area contributed by atoms with Crippen LogP contribution in [-0.2, 0) is 10.0 Å². The number of hydrogen-bond donors (Lipinski definition) is 0. The lowest BCUT2D eigenvalue weighted by molar-refractivity contribution is 0.111. The molecule has 0 aromatic heterocycles. The number of halogens is 1. The minimum atomic E-state index is -3.45. The Labute approximate surface area is 144 Å². The van der Waals surface area contributed by atoms with Crippen molar-refractivity contribution in [2.75, 3.05) is 26.2 Å². The van der Waals surface area contributed by atoms with Gasteiger partial charge >= 0.3 is 0 Å². The van der Waals surface area contributed by atoms with Crippen LogP contribution >= 0.6 is 11.6 Å². The third-order valence-electron chi connectivity index (χ3n) is 5.20. The first-order valence-electron chi connectivity index (χ1n) is 8.49. The molecule has 0 N–H and O–H groups in total. The Morgan fingerprint density at radius 2 is 1.70 bits per heavy atom. The number of benzene rings is 1. The number of rotatable bonds is 3. The van der Waals surface area contributed by atoms with E-state index in [-0.39, 0.29) is 0 Å². The van der Waals surface area contributed by atoms with Crippen molar-refractivity contribution in [1.82, 2.24) is 9.21 Å². The zero-order valence-electron chi connectivity index (χ0n) is 13.7. The van der Waals surface area contributed by atoms with Gasteiger partial charge in [-0.15, -0.1) is 0 Å². The second-order valence-corrected chi connectivity index (χ2v) is 8.91. The third-order valence-corrected chi connectivity index (χ3v) is 7.65. The molecular weight excluding hydrogens is 332 g/mol. The summed E-state index contributed by atoms with van der Waals surface area (Å²) in [5.41, 5.74) is 0.642. The second-order valence-electron chi connectivity index (χ2n) is 6.59. The Kier molecular flexibility index (Phi) is 5.31. The van der Waals surface area contributed by atoms with Crippen LogP contribution in [0, 0.1) is 6.92 Å². The van der Waals surface area contributed by atoms with E-state index in [1.165, 1.54) is 32.1 Å². The van der Waals surface area contributed by atoms with Crippen LogP contribution in [0.5, 0.6) is 0 Å². The van der Waals surface area contributed by atoms with Crippen molar-refractivity contribution in [2.45, 2.75) is 50.0 Å². The first-order chi connectivity index (χ1) is 11.0. The maximum absolute atomic E-state index is 12.9. The van der Waals surface area contributed by atoms with E-state index in [1.807, 2.05) is 0 Å². The van der Waals surface area contributed by atoms with E-state index in [0.717, 1.165) is 13.1 Å². The predicted octanol–water partition coefficient (Wildman–Crippen LogP) is 3.29. The molecule has 23 heavy (non-hydrogen) atoms. The van der Waals surface area contributed by atoms with Crippen molar-refractivity contribution < 1.29 is 8.42 Å². The minimum absolute atomic E-state index is 0.344. The summed E-state index contributed by atoms with van der Waals surface area (Å²) < 4.78 is 27.4. The number of hydrogen-bond acceptors (Lipinski definition) is 3. The van der Waals surface area contributed by atoms with Crippen molar-refractivity contribution in [1.29, 1.82) is 0 Å². The van der Waals surface area contributed by atoms with Gasteiger partial charge < -0.3 is 0 Å². The average molecular weight is 357 g/mol. The fourth-order valence-corrected chi connectivity index (χ4v) is 5.66. The minimum Gasteiger partial charge on any atom is -0.298 e. The summed E-state index contributed by atoms with van der Waals surface area (Å²) in [6, 6.07) is 5.75. The Bertz CT molecular complexity index is 649. The number of piperazine rings is 1. The summed E-state index contributed by atoms with van der Waals surface area (Å²) in [5, 5.41) is 0.506. The maximum Gasteiger partial charge on any atom is 0.243 e. The van der Waals surface area contributed by atoms with Gasteiger partial charge in [0.05, 0.1) is 4.90 Å². The number of sulfonamides is 1. The normalized spacial score (nSPS) is 22.3. The monoisotopic (exact) mass is 356 g/mol. The van der Waals surface area contributed by atoms with Crippen LogP contribution in [0.1, 0.15) is 37.7 Å². The van der Waals surface area contributed by atoms with Gasteiger partial charge in [0, 0.05) is 37.2 Å². The topological polar surface area (TPSA) is 40.6 Å². The van der Waals surface area contributed by atoms with Crippen LogP contribution in [0.15, 0.2) is 23.1 Å². The molecule has 1 aromatic carbocycles. The van der Waals surface area contributed by atoms with E-state index in [0.29, 0.717) is 34.6 Å². The van der Waals surface area contributed by atoms with Crippen molar-refractivity contribution in [3.63, 3.8) is 0 Å². The Hall–Kier alpha value is -0.620. The quantitative estimate of drug-likeness (QED) is 0.834. The van der Waals surface area contributed by atoms with Gasteiger partial charge in [-0.3, -0.25) is 4.90 Å². The Morgan fingerprint density at radius 3 is 2.35 bits per heavy atom. The van der Waals surface area contributed by atoms with Crippen LogP contribution in [-0.4, -0.2) is 49.8 Å². The molecule has 2 fully saturated rings. The fraction of sp³-hybridized carbons (Fsp3) is 0.647. The molecule has 1 saturated heterocycles. The first kappa shape index (κ1) is 17.2. The largest absolute Gasteiger partial charge is 0.298 e. The van der Waals surface area contributed by atoms with Gasteiger partial charge in [-0.25, -0.2) is 8.42 Å². The smallest absolute Gasteiger partial charge is 0.243 e. The van der Waals surface area contributed by atoms with Crippen molar-refractivity contribution in [2.24, 2.45) is 0 Å². The molecule has 3 rings (SSSR count). The van der Waals surface area contributed by atoms with E-state index in [9.17, 15) is 8.42 Å². The lowest BCUT2D eigenvalue weighted by Crippen LogP contribution is -2.52. The van der Waals surface area contributed by atoms with E-state index in [2.05, 4.69) is 4.90 Å². The summed E-state index contributed by atoms with van der Waals surface area (Å²) in [7, 11) is -3.45. The molecule has 0 bridgehead atoms. The number of nitrogens with zero attached hydrogens (tertiary/aromatic N) is 2. The fourth-order valence-electron chi connectivity index (χ4n) is 3.76. The molecule has 1 heterocycles. The highest BCUT2D eigenvalue weighted by Gasteiger charge is 2.32. The summed E-state index contributed by atoms with van der Waals surface area (Å²) in [6.07, 6.45) is 6.50. The molecule has 0 unspecified atom stereocenters. The van der Waals surface area contributed by atoms with E-state index in [4.69, 9.17) is 11.6 Å². The standard InChI is InChI=1S/C17H25ClN2O2S/c1-14-16(18)8-5-9-17(14)23(21,22)20-12-10-19(11-13-20)15-6-3-2-4-7-15/h5,8-9,15H,2-4,6-7,10-13H2,1H3. The molecule has 1 aliphatic heterocycles. The van der Waals surface area contributed by atoms with Crippen LogP contribution in [0.3, 0.4) is 0 Å². The van der Waals surface area contributed by atoms with E-state index >= 15 is 0 Å². The molecule has 0 amide bonds. The molecule has 1 saturated carbocycles. The molecular formula is C17H25ClN2O2S. The van der Waals surface area contributed by atoms with Gasteiger partial charge in [-0.05, 0) is 37.5 Å². The molecule has 4 nitrogen and oxygen atoms in total.